The maximum atomic E-state index is 12.0. The van der Waals surface area contributed by atoms with Gasteiger partial charge in [-0.2, -0.15) is 0 Å². The molecular weight excluding hydrogens is 288 g/mol. The average Bonchev–Trinajstić information content (AvgIpc) is 3.41. The third kappa shape index (κ3) is 4.68. The van der Waals surface area contributed by atoms with Crippen LogP contribution in [0.2, 0.25) is 0 Å². The van der Waals surface area contributed by atoms with Crippen LogP contribution in [0.1, 0.15) is 24.8 Å². The summed E-state index contributed by atoms with van der Waals surface area (Å²) in [5.41, 5.74) is 2.66. The molecule has 1 aliphatic rings. The summed E-state index contributed by atoms with van der Waals surface area (Å²) in [6, 6.07) is 17.2. The van der Waals surface area contributed by atoms with Crippen LogP contribution in [0.25, 0.3) is 0 Å². The van der Waals surface area contributed by atoms with Crippen molar-refractivity contribution in [3.63, 3.8) is 0 Å². The van der Waals surface area contributed by atoms with Crippen molar-refractivity contribution in [1.82, 2.24) is 0 Å². The number of hydrogen-bond acceptors (Lipinski definition) is 2. The first-order valence-electron chi connectivity index (χ1n) is 7.95. The Morgan fingerprint density at radius 1 is 0.870 bits per heavy atom. The standard InChI is InChI=1S/C19H20N2O2/c22-18(13-6-14-4-2-1-3-5-14)20-16-9-11-17(12-10-16)21-19(23)15-7-8-15/h1-5,9-12,15H,6-8,13H2,(H,20,22)(H,21,23). The van der Waals surface area contributed by atoms with E-state index in [0.29, 0.717) is 6.42 Å². The fraction of sp³-hybridized carbons (Fsp3) is 0.263. The average molecular weight is 308 g/mol. The van der Waals surface area contributed by atoms with Gasteiger partial charge < -0.3 is 10.6 Å². The second kappa shape index (κ2) is 7.09. The fourth-order valence-electron chi connectivity index (χ4n) is 2.35. The van der Waals surface area contributed by atoms with E-state index in [9.17, 15) is 9.59 Å². The highest BCUT2D eigenvalue weighted by atomic mass is 16.2. The molecule has 0 aromatic heterocycles. The summed E-state index contributed by atoms with van der Waals surface area (Å²) in [7, 11) is 0. The van der Waals surface area contributed by atoms with Gasteiger partial charge in [-0.1, -0.05) is 30.3 Å². The van der Waals surface area contributed by atoms with Crippen LogP contribution in [0.5, 0.6) is 0 Å². The van der Waals surface area contributed by atoms with E-state index >= 15 is 0 Å². The second-order valence-corrected chi connectivity index (χ2v) is 5.87. The molecule has 0 aliphatic heterocycles. The first-order chi connectivity index (χ1) is 11.2. The molecule has 0 spiro atoms. The molecule has 0 saturated heterocycles. The lowest BCUT2D eigenvalue weighted by molar-refractivity contribution is -0.117. The van der Waals surface area contributed by atoms with Crippen LogP contribution < -0.4 is 10.6 Å². The van der Waals surface area contributed by atoms with Crippen molar-refractivity contribution >= 4 is 23.2 Å². The smallest absolute Gasteiger partial charge is 0.227 e. The maximum Gasteiger partial charge on any atom is 0.227 e. The Morgan fingerprint density at radius 3 is 2.09 bits per heavy atom. The van der Waals surface area contributed by atoms with E-state index < -0.39 is 0 Å². The van der Waals surface area contributed by atoms with Gasteiger partial charge in [-0.3, -0.25) is 9.59 Å². The van der Waals surface area contributed by atoms with Crippen LogP contribution in [0, 0.1) is 5.92 Å². The van der Waals surface area contributed by atoms with Gasteiger partial charge in [0.15, 0.2) is 0 Å². The number of aryl methyl sites for hydroxylation is 1. The zero-order chi connectivity index (χ0) is 16.1. The van der Waals surface area contributed by atoms with E-state index in [0.717, 1.165) is 36.2 Å². The molecule has 2 amide bonds. The van der Waals surface area contributed by atoms with Crippen LogP contribution in [0.15, 0.2) is 54.6 Å². The molecule has 1 aliphatic carbocycles. The molecule has 4 nitrogen and oxygen atoms in total. The number of benzene rings is 2. The highest BCUT2D eigenvalue weighted by molar-refractivity contribution is 5.95. The minimum absolute atomic E-state index is 0.0105. The van der Waals surface area contributed by atoms with E-state index in [1.807, 2.05) is 54.6 Å². The third-order valence-corrected chi connectivity index (χ3v) is 3.87. The Labute approximate surface area is 135 Å². The molecule has 0 unspecified atom stereocenters. The molecule has 1 saturated carbocycles. The number of nitrogens with one attached hydrogen (secondary N) is 2. The fourth-order valence-corrected chi connectivity index (χ4v) is 2.35. The van der Waals surface area contributed by atoms with Crippen LogP contribution >= 0.6 is 0 Å². The summed E-state index contributed by atoms with van der Waals surface area (Å²) >= 11 is 0. The number of anilines is 2. The first kappa shape index (κ1) is 15.3. The Balaban J connectivity index is 1.47. The van der Waals surface area contributed by atoms with Gasteiger partial charge in [0.25, 0.3) is 0 Å². The molecular formula is C19H20N2O2. The molecule has 3 rings (SSSR count). The molecule has 2 N–H and O–H groups in total. The molecule has 0 bridgehead atoms. The van der Waals surface area contributed by atoms with Crippen molar-refractivity contribution in [2.45, 2.75) is 25.7 Å². The Morgan fingerprint density at radius 2 is 1.48 bits per heavy atom. The van der Waals surface area contributed by atoms with Crippen LogP contribution in [0.3, 0.4) is 0 Å². The molecule has 4 heteroatoms. The van der Waals surface area contributed by atoms with E-state index in [4.69, 9.17) is 0 Å². The molecule has 1 fully saturated rings. The summed E-state index contributed by atoms with van der Waals surface area (Å²) in [4.78, 5) is 23.6. The van der Waals surface area contributed by atoms with Gasteiger partial charge in [0.05, 0.1) is 0 Å². The zero-order valence-corrected chi connectivity index (χ0v) is 12.9. The van der Waals surface area contributed by atoms with E-state index in [2.05, 4.69) is 10.6 Å². The number of amides is 2. The zero-order valence-electron chi connectivity index (χ0n) is 12.9. The summed E-state index contributed by atoms with van der Waals surface area (Å²) in [5, 5.41) is 5.76. The van der Waals surface area contributed by atoms with Gasteiger partial charge in [-0.25, -0.2) is 0 Å². The van der Waals surface area contributed by atoms with Gasteiger partial charge in [-0.05, 0) is 49.1 Å². The summed E-state index contributed by atoms with van der Waals surface area (Å²) in [6.45, 7) is 0. The van der Waals surface area contributed by atoms with Crippen molar-refractivity contribution in [2.24, 2.45) is 5.92 Å². The van der Waals surface area contributed by atoms with Gasteiger partial charge in [0.1, 0.15) is 0 Å². The Hall–Kier alpha value is -2.62. The monoisotopic (exact) mass is 308 g/mol. The SMILES string of the molecule is O=C(CCc1ccccc1)Nc1ccc(NC(=O)C2CC2)cc1. The van der Waals surface area contributed by atoms with Gasteiger partial charge in [0, 0.05) is 23.7 Å². The molecule has 0 heterocycles. The van der Waals surface area contributed by atoms with Gasteiger partial charge >= 0.3 is 0 Å². The predicted molar refractivity (Wildman–Crippen MR) is 91.2 cm³/mol. The Kier molecular flexibility index (Phi) is 4.71. The quantitative estimate of drug-likeness (QED) is 0.856. The minimum Gasteiger partial charge on any atom is -0.326 e. The van der Waals surface area contributed by atoms with Crippen molar-refractivity contribution in [2.75, 3.05) is 10.6 Å². The number of carbonyl (C=O) groups is 2. The lowest BCUT2D eigenvalue weighted by Gasteiger charge is -2.08. The molecule has 2 aromatic rings. The highest BCUT2D eigenvalue weighted by Gasteiger charge is 2.29. The Bertz CT molecular complexity index is 676. The number of rotatable bonds is 6. The van der Waals surface area contributed by atoms with E-state index in [-0.39, 0.29) is 17.7 Å². The van der Waals surface area contributed by atoms with Gasteiger partial charge in [-0.15, -0.1) is 0 Å². The molecule has 118 valence electrons. The van der Waals surface area contributed by atoms with Gasteiger partial charge in [0.2, 0.25) is 11.8 Å². The molecule has 23 heavy (non-hydrogen) atoms. The van der Waals surface area contributed by atoms with Crippen LogP contribution in [-0.4, -0.2) is 11.8 Å². The normalized spacial score (nSPS) is 13.4. The highest BCUT2D eigenvalue weighted by Crippen LogP contribution is 2.30. The number of carbonyl (C=O) groups excluding carboxylic acids is 2. The molecule has 0 atom stereocenters. The minimum atomic E-state index is -0.0105. The predicted octanol–water partition coefficient (Wildman–Crippen LogP) is 3.61. The largest absolute Gasteiger partial charge is 0.326 e. The summed E-state index contributed by atoms with van der Waals surface area (Å²) in [6.07, 6.45) is 3.15. The van der Waals surface area contributed by atoms with Crippen molar-refractivity contribution < 1.29 is 9.59 Å². The first-order valence-corrected chi connectivity index (χ1v) is 7.95. The second-order valence-electron chi connectivity index (χ2n) is 5.87. The topological polar surface area (TPSA) is 58.2 Å². The lowest BCUT2D eigenvalue weighted by Crippen LogP contribution is -2.14. The van der Waals surface area contributed by atoms with Crippen molar-refractivity contribution in [3.8, 4) is 0 Å². The summed E-state index contributed by atoms with van der Waals surface area (Å²) < 4.78 is 0. The van der Waals surface area contributed by atoms with Crippen LogP contribution in [-0.2, 0) is 16.0 Å². The lowest BCUT2D eigenvalue weighted by atomic mass is 10.1. The van der Waals surface area contributed by atoms with E-state index in [1.165, 1.54) is 0 Å². The summed E-state index contributed by atoms with van der Waals surface area (Å²) in [5.74, 6) is 0.264. The van der Waals surface area contributed by atoms with Crippen molar-refractivity contribution in [3.05, 3.63) is 60.2 Å². The van der Waals surface area contributed by atoms with Crippen molar-refractivity contribution in [1.29, 1.82) is 0 Å². The van der Waals surface area contributed by atoms with E-state index in [1.54, 1.807) is 0 Å². The molecule has 2 aromatic carbocycles. The maximum absolute atomic E-state index is 12.0. The number of hydrogen-bond donors (Lipinski definition) is 2. The molecule has 0 radical (unpaired) electrons. The third-order valence-electron chi connectivity index (χ3n) is 3.87. The van der Waals surface area contributed by atoms with Crippen LogP contribution in [0.4, 0.5) is 11.4 Å².